The first-order chi connectivity index (χ1) is 5.33. The van der Waals surface area contributed by atoms with Gasteiger partial charge in [0.2, 0.25) is 0 Å². The van der Waals surface area contributed by atoms with Crippen LogP contribution in [0, 0.1) is 5.92 Å². The normalized spacial score (nSPS) is 27.3. The summed E-state index contributed by atoms with van der Waals surface area (Å²) in [6.07, 6.45) is 2.90. The second-order valence-corrected chi connectivity index (χ2v) is 3.46. The first kappa shape index (κ1) is 9.01. The van der Waals surface area contributed by atoms with Gasteiger partial charge in [-0.1, -0.05) is 20.3 Å². The molecular formula is C9H19NO. The van der Waals surface area contributed by atoms with Crippen LogP contribution in [-0.4, -0.2) is 25.8 Å². The van der Waals surface area contributed by atoms with Gasteiger partial charge in [-0.3, -0.25) is 0 Å². The molecular weight excluding hydrogens is 138 g/mol. The zero-order valence-electron chi connectivity index (χ0n) is 7.60. The largest absolute Gasteiger partial charge is 0.377 e. The molecule has 1 rings (SSSR count). The monoisotopic (exact) mass is 157 g/mol. The van der Waals surface area contributed by atoms with Crippen LogP contribution in [0.2, 0.25) is 0 Å². The predicted octanol–water partition coefficient (Wildman–Crippen LogP) is 1.41. The number of hydrogen-bond donors (Lipinski definition) is 1. The van der Waals surface area contributed by atoms with E-state index in [1.54, 1.807) is 0 Å². The Bertz CT molecular complexity index is 99.7. The van der Waals surface area contributed by atoms with Crippen molar-refractivity contribution in [1.29, 1.82) is 0 Å². The van der Waals surface area contributed by atoms with Crippen LogP contribution in [0.4, 0.5) is 0 Å². The van der Waals surface area contributed by atoms with Crippen LogP contribution in [0.1, 0.15) is 26.7 Å². The third kappa shape index (κ3) is 3.21. The van der Waals surface area contributed by atoms with E-state index in [1.165, 1.54) is 12.8 Å². The molecule has 0 bridgehead atoms. The van der Waals surface area contributed by atoms with Crippen molar-refractivity contribution in [3.05, 3.63) is 0 Å². The van der Waals surface area contributed by atoms with Crippen molar-refractivity contribution in [2.45, 2.75) is 32.8 Å². The van der Waals surface area contributed by atoms with E-state index in [0.29, 0.717) is 6.10 Å². The number of hydrogen-bond acceptors (Lipinski definition) is 2. The first-order valence-corrected chi connectivity index (χ1v) is 4.65. The lowest BCUT2D eigenvalue weighted by Gasteiger charge is -2.13. The molecule has 0 spiro atoms. The maximum absolute atomic E-state index is 5.69. The van der Waals surface area contributed by atoms with Crippen LogP contribution in [0.5, 0.6) is 0 Å². The molecule has 0 aromatic heterocycles. The van der Waals surface area contributed by atoms with Gasteiger partial charge in [0, 0.05) is 13.2 Å². The van der Waals surface area contributed by atoms with E-state index in [4.69, 9.17) is 4.74 Å². The van der Waals surface area contributed by atoms with Crippen LogP contribution in [0.3, 0.4) is 0 Å². The molecule has 66 valence electrons. The van der Waals surface area contributed by atoms with Crippen LogP contribution in [0.25, 0.3) is 0 Å². The molecule has 0 radical (unpaired) electrons. The van der Waals surface area contributed by atoms with Gasteiger partial charge in [0.05, 0.1) is 6.10 Å². The molecule has 0 aliphatic carbocycles. The van der Waals surface area contributed by atoms with Gasteiger partial charge in [0.25, 0.3) is 0 Å². The standard InChI is InChI=1S/C9H19NO/c1-3-8(2)7-11-9-4-5-10-6-9/h8-10H,3-7H2,1-2H3. The third-order valence-electron chi connectivity index (χ3n) is 2.33. The Kier molecular flexibility index (Phi) is 3.87. The van der Waals surface area contributed by atoms with Gasteiger partial charge in [0.1, 0.15) is 0 Å². The van der Waals surface area contributed by atoms with Crippen molar-refractivity contribution in [3.8, 4) is 0 Å². The molecule has 1 aliphatic heterocycles. The molecule has 1 heterocycles. The van der Waals surface area contributed by atoms with Gasteiger partial charge in [-0.25, -0.2) is 0 Å². The van der Waals surface area contributed by atoms with Crippen LogP contribution in [-0.2, 0) is 4.74 Å². The minimum Gasteiger partial charge on any atom is -0.377 e. The minimum atomic E-state index is 0.490. The van der Waals surface area contributed by atoms with Crippen molar-refractivity contribution >= 4 is 0 Å². The lowest BCUT2D eigenvalue weighted by molar-refractivity contribution is 0.0442. The Balaban J connectivity index is 2.01. The Labute approximate surface area is 69.3 Å². The molecule has 0 amide bonds. The summed E-state index contributed by atoms with van der Waals surface area (Å²) in [6, 6.07) is 0. The van der Waals surface area contributed by atoms with Crippen molar-refractivity contribution in [3.63, 3.8) is 0 Å². The second kappa shape index (κ2) is 4.73. The SMILES string of the molecule is CCC(C)COC1CCNC1. The van der Waals surface area contributed by atoms with Gasteiger partial charge >= 0.3 is 0 Å². The van der Waals surface area contributed by atoms with E-state index < -0.39 is 0 Å². The summed E-state index contributed by atoms with van der Waals surface area (Å²) in [6.45, 7) is 7.56. The fourth-order valence-corrected chi connectivity index (χ4v) is 1.19. The molecule has 1 aliphatic rings. The maximum Gasteiger partial charge on any atom is 0.0711 e. The smallest absolute Gasteiger partial charge is 0.0711 e. The molecule has 11 heavy (non-hydrogen) atoms. The summed E-state index contributed by atoms with van der Waals surface area (Å²) < 4.78 is 5.69. The highest BCUT2D eigenvalue weighted by molar-refractivity contribution is 4.71. The summed E-state index contributed by atoms with van der Waals surface area (Å²) in [5, 5.41) is 3.29. The van der Waals surface area contributed by atoms with E-state index in [0.717, 1.165) is 25.6 Å². The third-order valence-corrected chi connectivity index (χ3v) is 2.33. The Morgan fingerprint density at radius 2 is 2.45 bits per heavy atom. The topological polar surface area (TPSA) is 21.3 Å². The molecule has 1 fully saturated rings. The van der Waals surface area contributed by atoms with Crippen molar-refractivity contribution in [2.24, 2.45) is 5.92 Å². The van der Waals surface area contributed by atoms with E-state index in [9.17, 15) is 0 Å². The van der Waals surface area contributed by atoms with Gasteiger partial charge < -0.3 is 10.1 Å². The average Bonchev–Trinajstić information content (AvgIpc) is 2.52. The average molecular weight is 157 g/mol. The molecule has 0 aromatic carbocycles. The highest BCUT2D eigenvalue weighted by atomic mass is 16.5. The molecule has 1 N–H and O–H groups in total. The van der Waals surface area contributed by atoms with Crippen molar-refractivity contribution in [2.75, 3.05) is 19.7 Å². The molecule has 2 nitrogen and oxygen atoms in total. The molecule has 2 heteroatoms. The van der Waals surface area contributed by atoms with Crippen molar-refractivity contribution in [1.82, 2.24) is 5.32 Å². The summed E-state index contributed by atoms with van der Waals surface area (Å²) in [7, 11) is 0. The second-order valence-electron chi connectivity index (χ2n) is 3.46. The van der Waals surface area contributed by atoms with Gasteiger partial charge in [-0.05, 0) is 18.9 Å². The fourth-order valence-electron chi connectivity index (χ4n) is 1.19. The fraction of sp³-hybridized carbons (Fsp3) is 1.00. The van der Waals surface area contributed by atoms with E-state index in [-0.39, 0.29) is 0 Å². The molecule has 2 unspecified atom stereocenters. The maximum atomic E-state index is 5.69. The molecule has 0 saturated carbocycles. The molecule has 1 saturated heterocycles. The van der Waals surface area contributed by atoms with Crippen LogP contribution in [0.15, 0.2) is 0 Å². The van der Waals surface area contributed by atoms with Crippen LogP contribution >= 0.6 is 0 Å². The number of rotatable bonds is 4. The molecule has 0 aromatic rings. The zero-order valence-corrected chi connectivity index (χ0v) is 7.60. The lowest BCUT2D eigenvalue weighted by atomic mass is 10.1. The summed E-state index contributed by atoms with van der Waals surface area (Å²) in [5.74, 6) is 0.718. The molecule has 2 atom stereocenters. The van der Waals surface area contributed by atoms with E-state index >= 15 is 0 Å². The quantitative estimate of drug-likeness (QED) is 0.666. The van der Waals surface area contributed by atoms with Crippen LogP contribution < -0.4 is 5.32 Å². The number of nitrogens with one attached hydrogen (secondary N) is 1. The highest BCUT2D eigenvalue weighted by Crippen LogP contribution is 2.07. The Hall–Kier alpha value is -0.0800. The zero-order chi connectivity index (χ0) is 8.10. The van der Waals surface area contributed by atoms with Gasteiger partial charge in [0.15, 0.2) is 0 Å². The number of ether oxygens (including phenoxy) is 1. The Morgan fingerprint density at radius 1 is 1.64 bits per heavy atom. The van der Waals surface area contributed by atoms with E-state index in [1.807, 2.05) is 0 Å². The summed E-state index contributed by atoms with van der Waals surface area (Å²) >= 11 is 0. The summed E-state index contributed by atoms with van der Waals surface area (Å²) in [5.41, 5.74) is 0. The first-order valence-electron chi connectivity index (χ1n) is 4.65. The van der Waals surface area contributed by atoms with Gasteiger partial charge in [-0.15, -0.1) is 0 Å². The minimum absolute atomic E-state index is 0.490. The van der Waals surface area contributed by atoms with Gasteiger partial charge in [-0.2, -0.15) is 0 Å². The highest BCUT2D eigenvalue weighted by Gasteiger charge is 2.14. The van der Waals surface area contributed by atoms with E-state index in [2.05, 4.69) is 19.2 Å². The van der Waals surface area contributed by atoms with Crippen molar-refractivity contribution < 1.29 is 4.74 Å². The Morgan fingerprint density at radius 3 is 3.00 bits per heavy atom. The summed E-state index contributed by atoms with van der Waals surface area (Å²) in [4.78, 5) is 0. The lowest BCUT2D eigenvalue weighted by Crippen LogP contribution is -2.19. The predicted molar refractivity (Wildman–Crippen MR) is 46.7 cm³/mol.